The molecular weight excluding hydrogens is 287 g/mol. The smallest absolute Gasteiger partial charge is 0.329 e. The number of carbonyl (C=O) groups excluding carboxylic acids is 1. The maximum atomic E-state index is 9.84. The largest absolute Gasteiger partial charge is 0.466 e. The molecule has 0 spiro atoms. The van der Waals surface area contributed by atoms with Crippen molar-refractivity contribution in [2.45, 2.75) is 0 Å². The first-order chi connectivity index (χ1) is 2.81. The maximum Gasteiger partial charge on any atom is 0.329 e. The van der Waals surface area contributed by atoms with Crippen LogP contribution in [-0.4, -0.2) is 40.4 Å². The van der Waals surface area contributed by atoms with Crippen LogP contribution in [0.4, 0.5) is 0 Å². The van der Waals surface area contributed by atoms with Crippen LogP contribution in [0.15, 0.2) is 12.7 Å². The van der Waals surface area contributed by atoms with E-state index in [9.17, 15) is 4.79 Å². The second-order valence-electron chi connectivity index (χ2n) is 0.727. The second-order valence-corrected chi connectivity index (χ2v) is 0.727. The predicted molar refractivity (Wildman–Crippen MR) is 28.0 cm³/mol. The standard InChI is InChI=1S/C4H6O2.Pb/c1-3-4(5)6-2;/h3H,1H2,2H3;. The normalized spacial score (nSPS) is 5.86. The van der Waals surface area contributed by atoms with Crippen molar-refractivity contribution in [3.8, 4) is 0 Å². The Morgan fingerprint density at radius 1 is 1.86 bits per heavy atom. The van der Waals surface area contributed by atoms with E-state index in [0.29, 0.717) is 0 Å². The molecular formula is C4H6O2Pb. The first-order valence-electron chi connectivity index (χ1n) is 1.51. The van der Waals surface area contributed by atoms with E-state index in [4.69, 9.17) is 0 Å². The maximum absolute atomic E-state index is 9.84. The second kappa shape index (κ2) is 6.13. The third-order valence-corrected chi connectivity index (χ3v) is 0.368. The summed E-state index contributed by atoms with van der Waals surface area (Å²) in [5.74, 6) is -0.394. The van der Waals surface area contributed by atoms with Crippen molar-refractivity contribution >= 4 is 33.3 Å². The summed E-state index contributed by atoms with van der Waals surface area (Å²) in [7, 11) is 1.31. The Morgan fingerprint density at radius 3 is 2.29 bits per heavy atom. The van der Waals surface area contributed by atoms with Gasteiger partial charge in [-0.15, -0.1) is 0 Å². The Kier molecular flexibility index (Phi) is 8.92. The molecule has 0 bridgehead atoms. The number of hydrogen-bond donors (Lipinski definition) is 0. The molecule has 0 rings (SSSR count). The van der Waals surface area contributed by atoms with Crippen molar-refractivity contribution in [3.63, 3.8) is 0 Å². The zero-order valence-electron chi connectivity index (χ0n) is 4.10. The molecule has 0 unspecified atom stereocenters. The van der Waals surface area contributed by atoms with E-state index in [0.717, 1.165) is 6.08 Å². The molecule has 4 radical (unpaired) electrons. The van der Waals surface area contributed by atoms with Gasteiger partial charge in [-0.25, -0.2) is 4.79 Å². The van der Waals surface area contributed by atoms with Gasteiger partial charge in [0.25, 0.3) is 0 Å². The minimum atomic E-state index is -0.394. The Bertz CT molecular complexity index is 70.1. The first-order valence-corrected chi connectivity index (χ1v) is 1.51. The van der Waals surface area contributed by atoms with E-state index in [2.05, 4.69) is 11.3 Å². The average molecular weight is 293 g/mol. The molecule has 0 atom stereocenters. The summed E-state index contributed by atoms with van der Waals surface area (Å²) in [5.41, 5.74) is 0. The summed E-state index contributed by atoms with van der Waals surface area (Å²) >= 11 is 0. The minimum absolute atomic E-state index is 0. The van der Waals surface area contributed by atoms with Crippen LogP contribution in [0.25, 0.3) is 0 Å². The number of hydrogen-bond acceptors (Lipinski definition) is 2. The van der Waals surface area contributed by atoms with Crippen LogP contribution >= 0.6 is 0 Å². The van der Waals surface area contributed by atoms with Crippen molar-refractivity contribution in [1.82, 2.24) is 0 Å². The van der Waals surface area contributed by atoms with Gasteiger partial charge in [0.2, 0.25) is 0 Å². The van der Waals surface area contributed by atoms with Gasteiger partial charge < -0.3 is 4.74 Å². The van der Waals surface area contributed by atoms with Crippen LogP contribution < -0.4 is 0 Å². The Hall–Kier alpha value is 0.132. The number of esters is 1. The van der Waals surface area contributed by atoms with Gasteiger partial charge in [-0.2, -0.15) is 0 Å². The third-order valence-electron chi connectivity index (χ3n) is 0.368. The van der Waals surface area contributed by atoms with Crippen LogP contribution in [0.3, 0.4) is 0 Å². The molecule has 0 aromatic carbocycles. The summed E-state index contributed by atoms with van der Waals surface area (Å²) in [6.07, 6.45) is 1.11. The Balaban J connectivity index is 0. The fourth-order valence-electron chi connectivity index (χ4n) is 0.0833. The van der Waals surface area contributed by atoms with Crippen LogP contribution in [0.5, 0.6) is 0 Å². The summed E-state index contributed by atoms with van der Waals surface area (Å²) in [5, 5.41) is 0. The molecule has 2 nitrogen and oxygen atoms in total. The summed E-state index contributed by atoms with van der Waals surface area (Å²) in [4.78, 5) is 9.84. The van der Waals surface area contributed by atoms with Crippen molar-refractivity contribution in [1.29, 1.82) is 0 Å². The molecule has 0 N–H and O–H groups in total. The molecule has 7 heavy (non-hydrogen) atoms. The van der Waals surface area contributed by atoms with Crippen LogP contribution in [-0.2, 0) is 9.53 Å². The number of rotatable bonds is 1. The number of ether oxygens (including phenoxy) is 1. The topological polar surface area (TPSA) is 26.3 Å². The van der Waals surface area contributed by atoms with Gasteiger partial charge >= 0.3 is 5.97 Å². The Morgan fingerprint density at radius 2 is 2.29 bits per heavy atom. The van der Waals surface area contributed by atoms with Gasteiger partial charge in [-0.3, -0.25) is 0 Å². The van der Waals surface area contributed by atoms with Gasteiger partial charge in [-0.1, -0.05) is 6.58 Å². The van der Waals surface area contributed by atoms with E-state index < -0.39 is 5.97 Å². The van der Waals surface area contributed by atoms with E-state index in [-0.39, 0.29) is 27.3 Å². The van der Waals surface area contributed by atoms with Crippen LogP contribution in [0.2, 0.25) is 0 Å². The predicted octanol–water partition coefficient (Wildman–Crippen LogP) is -0.0354. The van der Waals surface area contributed by atoms with E-state index >= 15 is 0 Å². The summed E-state index contributed by atoms with van der Waals surface area (Å²) in [6.45, 7) is 3.16. The quantitative estimate of drug-likeness (QED) is 0.385. The van der Waals surface area contributed by atoms with Crippen molar-refractivity contribution < 1.29 is 9.53 Å². The molecule has 0 heterocycles. The zero-order valence-corrected chi connectivity index (χ0v) is 7.99. The minimum Gasteiger partial charge on any atom is -0.466 e. The van der Waals surface area contributed by atoms with E-state index in [1.807, 2.05) is 0 Å². The van der Waals surface area contributed by atoms with Crippen molar-refractivity contribution in [3.05, 3.63) is 12.7 Å². The zero-order chi connectivity index (χ0) is 4.99. The fourth-order valence-corrected chi connectivity index (χ4v) is 0.0833. The van der Waals surface area contributed by atoms with Crippen LogP contribution in [0, 0.1) is 0 Å². The molecule has 0 saturated carbocycles. The van der Waals surface area contributed by atoms with Crippen molar-refractivity contribution in [2.75, 3.05) is 7.11 Å². The summed E-state index contributed by atoms with van der Waals surface area (Å²) in [6, 6.07) is 0. The van der Waals surface area contributed by atoms with Crippen LogP contribution in [0.1, 0.15) is 0 Å². The fraction of sp³-hybridized carbons (Fsp3) is 0.250. The van der Waals surface area contributed by atoms with Gasteiger partial charge in [0.05, 0.1) is 7.11 Å². The van der Waals surface area contributed by atoms with E-state index in [1.54, 1.807) is 0 Å². The molecule has 0 aromatic rings. The van der Waals surface area contributed by atoms with Gasteiger partial charge in [-0.05, 0) is 0 Å². The molecule has 0 fully saturated rings. The average Bonchev–Trinajstić information content (AvgIpc) is 1.65. The van der Waals surface area contributed by atoms with Gasteiger partial charge in [0, 0.05) is 33.4 Å². The Labute approximate surface area is 62.7 Å². The molecule has 0 amide bonds. The molecule has 0 aromatic heterocycles. The van der Waals surface area contributed by atoms with Gasteiger partial charge in [0.1, 0.15) is 0 Å². The molecule has 0 aliphatic rings. The number of carbonyl (C=O) groups is 1. The third kappa shape index (κ3) is 6.13. The van der Waals surface area contributed by atoms with E-state index in [1.165, 1.54) is 7.11 Å². The number of methoxy groups -OCH3 is 1. The first kappa shape index (κ1) is 10.2. The SMILES string of the molecule is C=CC(=O)OC.[Pb]. The monoisotopic (exact) mass is 294 g/mol. The van der Waals surface area contributed by atoms with Gasteiger partial charge in [0.15, 0.2) is 0 Å². The molecule has 0 saturated heterocycles. The molecule has 0 aliphatic heterocycles. The molecule has 0 aliphatic carbocycles. The molecule has 38 valence electrons. The molecule has 3 heteroatoms. The summed E-state index contributed by atoms with van der Waals surface area (Å²) < 4.78 is 4.14. The van der Waals surface area contributed by atoms with Crippen molar-refractivity contribution in [2.24, 2.45) is 0 Å².